The van der Waals surface area contributed by atoms with Crippen molar-refractivity contribution in [2.24, 2.45) is 5.92 Å². The monoisotopic (exact) mass is 183 g/mol. The number of carbonyl (C=O) groups excluding carboxylic acids is 1. The first kappa shape index (κ1) is 10.7. The predicted molar refractivity (Wildman–Crippen MR) is 54.7 cm³/mol. The second-order valence-electron chi connectivity index (χ2n) is 4.39. The number of likely N-dealkylation sites (tertiary alicyclic amines) is 1. The minimum atomic E-state index is 0.328. The standard InChI is InChI=1S/C11H21NO/c1-4-5-10-7-11(6-9(2)13)12(3)8-10/h10-11H,4-8H2,1-3H3. The van der Waals surface area contributed by atoms with Crippen LogP contribution in [0.2, 0.25) is 0 Å². The van der Waals surface area contributed by atoms with Crippen molar-refractivity contribution in [3.05, 3.63) is 0 Å². The lowest BCUT2D eigenvalue weighted by atomic mass is 9.98. The van der Waals surface area contributed by atoms with Crippen LogP contribution in [-0.2, 0) is 4.79 Å². The van der Waals surface area contributed by atoms with E-state index in [1.807, 2.05) is 0 Å². The smallest absolute Gasteiger partial charge is 0.131 e. The number of hydrogen-bond donors (Lipinski definition) is 0. The molecule has 0 aromatic carbocycles. The molecule has 2 atom stereocenters. The molecule has 2 nitrogen and oxygen atoms in total. The van der Waals surface area contributed by atoms with Crippen molar-refractivity contribution in [3.8, 4) is 0 Å². The van der Waals surface area contributed by atoms with Gasteiger partial charge in [-0.2, -0.15) is 0 Å². The summed E-state index contributed by atoms with van der Waals surface area (Å²) in [5, 5.41) is 0. The van der Waals surface area contributed by atoms with E-state index in [1.165, 1.54) is 25.8 Å². The van der Waals surface area contributed by atoms with Crippen LogP contribution in [0.1, 0.15) is 39.5 Å². The molecule has 1 aliphatic heterocycles. The topological polar surface area (TPSA) is 20.3 Å². The van der Waals surface area contributed by atoms with Crippen LogP contribution in [0.15, 0.2) is 0 Å². The van der Waals surface area contributed by atoms with E-state index in [2.05, 4.69) is 18.9 Å². The quantitative estimate of drug-likeness (QED) is 0.665. The highest BCUT2D eigenvalue weighted by Gasteiger charge is 2.29. The Morgan fingerprint density at radius 3 is 2.77 bits per heavy atom. The Morgan fingerprint density at radius 2 is 2.23 bits per heavy atom. The lowest BCUT2D eigenvalue weighted by Crippen LogP contribution is -2.26. The highest BCUT2D eigenvalue weighted by Crippen LogP contribution is 2.27. The van der Waals surface area contributed by atoms with E-state index in [0.29, 0.717) is 11.8 Å². The Kier molecular flexibility index (Phi) is 3.91. The molecule has 1 heterocycles. The molecule has 0 aromatic heterocycles. The largest absolute Gasteiger partial charge is 0.303 e. The van der Waals surface area contributed by atoms with Gasteiger partial charge in [-0.25, -0.2) is 0 Å². The van der Waals surface area contributed by atoms with Crippen molar-refractivity contribution in [1.82, 2.24) is 4.90 Å². The summed E-state index contributed by atoms with van der Waals surface area (Å²) in [6.07, 6.45) is 4.56. The number of hydrogen-bond acceptors (Lipinski definition) is 2. The van der Waals surface area contributed by atoms with Gasteiger partial charge in [0, 0.05) is 19.0 Å². The minimum absolute atomic E-state index is 0.328. The molecule has 0 aromatic rings. The van der Waals surface area contributed by atoms with Crippen LogP contribution >= 0.6 is 0 Å². The third kappa shape index (κ3) is 3.11. The number of carbonyl (C=O) groups is 1. The van der Waals surface area contributed by atoms with E-state index < -0.39 is 0 Å². The molecule has 76 valence electrons. The van der Waals surface area contributed by atoms with Gasteiger partial charge in [0.2, 0.25) is 0 Å². The molecular weight excluding hydrogens is 162 g/mol. The molecule has 0 amide bonds. The molecule has 2 unspecified atom stereocenters. The normalized spacial score (nSPS) is 29.5. The van der Waals surface area contributed by atoms with Gasteiger partial charge in [-0.15, -0.1) is 0 Å². The van der Waals surface area contributed by atoms with Crippen LogP contribution in [0, 0.1) is 5.92 Å². The summed E-state index contributed by atoms with van der Waals surface area (Å²) >= 11 is 0. The molecule has 0 aliphatic carbocycles. The Labute approximate surface area is 81.3 Å². The van der Waals surface area contributed by atoms with Crippen molar-refractivity contribution >= 4 is 5.78 Å². The van der Waals surface area contributed by atoms with Gasteiger partial charge in [-0.05, 0) is 32.7 Å². The van der Waals surface area contributed by atoms with Crippen molar-refractivity contribution in [3.63, 3.8) is 0 Å². The van der Waals surface area contributed by atoms with Gasteiger partial charge in [0.25, 0.3) is 0 Å². The number of nitrogens with zero attached hydrogens (tertiary/aromatic N) is 1. The summed E-state index contributed by atoms with van der Waals surface area (Å²) in [5.74, 6) is 1.16. The average molecular weight is 183 g/mol. The van der Waals surface area contributed by atoms with Crippen LogP contribution < -0.4 is 0 Å². The van der Waals surface area contributed by atoms with Crippen LogP contribution in [0.3, 0.4) is 0 Å². The van der Waals surface area contributed by atoms with E-state index in [0.717, 1.165) is 12.3 Å². The predicted octanol–water partition coefficient (Wildman–Crippen LogP) is 2.09. The molecule has 1 rings (SSSR count). The van der Waals surface area contributed by atoms with Gasteiger partial charge in [0.1, 0.15) is 5.78 Å². The molecule has 0 spiro atoms. The third-order valence-electron chi connectivity index (χ3n) is 2.99. The molecule has 1 aliphatic rings. The fraction of sp³-hybridized carbons (Fsp3) is 0.909. The Morgan fingerprint density at radius 1 is 1.54 bits per heavy atom. The molecule has 2 heteroatoms. The average Bonchev–Trinajstić information content (AvgIpc) is 2.31. The van der Waals surface area contributed by atoms with E-state index in [1.54, 1.807) is 6.92 Å². The van der Waals surface area contributed by atoms with Crippen LogP contribution in [0.5, 0.6) is 0 Å². The van der Waals surface area contributed by atoms with Crippen molar-refractivity contribution < 1.29 is 4.79 Å². The molecule has 0 bridgehead atoms. The van der Waals surface area contributed by atoms with Gasteiger partial charge in [0.05, 0.1) is 0 Å². The van der Waals surface area contributed by atoms with Gasteiger partial charge in [-0.1, -0.05) is 13.3 Å². The van der Waals surface area contributed by atoms with Gasteiger partial charge in [0.15, 0.2) is 0 Å². The molecule has 0 N–H and O–H groups in total. The van der Waals surface area contributed by atoms with E-state index in [4.69, 9.17) is 0 Å². The minimum Gasteiger partial charge on any atom is -0.303 e. The summed E-state index contributed by atoms with van der Waals surface area (Å²) in [7, 11) is 2.14. The van der Waals surface area contributed by atoms with Crippen LogP contribution in [-0.4, -0.2) is 30.3 Å². The summed E-state index contributed by atoms with van der Waals surface area (Å²) in [4.78, 5) is 13.3. The summed E-state index contributed by atoms with van der Waals surface area (Å²) in [5.41, 5.74) is 0. The van der Waals surface area contributed by atoms with Gasteiger partial charge in [-0.3, -0.25) is 4.79 Å². The number of ketones is 1. The second kappa shape index (κ2) is 4.75. The zero-order valence-electron chi connectivity index (χ0n) is 9.05. The van der Waals surface area contributed by atoms with E-state index in [-0.39, 0.29) is 0 Å². The zero-order chi connectivity index (χ0) is 9.84. The van der Waals surface area contributed by atoms with Gasteiger partial charge >= 0.3 is 0 Å². The molecule has 0 radical (unpaired) electrons. The van der Waals surface area contributed by atoms with E-state index in [9.17, 15) is 4.79 Å². The lowest BCUT2D eigenvalue weighted by molar-refractivity contribution is -0.117. The highest BCUT2D eigenvalue weighted by molar-refractivity contribution is 5.76. The Bertz CT molecular complexity index is 179. The van der Waals surface area contributed by atoms with Crippen molar-refractivity contribution in [2.45, 2.75) is 45.6 Å². The van der Waals surface area contributed by atoms with Crippen molar-refractivity contribution in [1.29, 1.82) is 0 Å². The van der Waals surface area contributed by atoms with Crippen molar-refractivity contribution in [2.75, 3.05) is 13.6 Å². The first-order chi connectivity index (χ1) is 6.13. The maximum atomic E-state index is 11.0. The molecule has 1 fully saturated rings. The fourth-order valence-electron chi connectivity index (χ4n) is 2.38. The summed E-state index contributed by atoms with van der Waals surface area (Å²) in [6.45, 7) is 5.12. The fourth-order valence-corrected chi connectivity index (χ4v) is 2.38. The highest BCUT2D eigenvalue weighted by atomic mass is 16.1. The number of Topliss-reactive ketones (excluding diaryl/α,β-unsaturated/α-hetero) is 1. The summed E-state index contributed by atoms with van der Waals surface area (Å²) < 4.78 is 0. The first-order valence-electron chi connectivity index (χ1n) is 5.33. The van der Waals surface area contributed by atoms with Crippen LogP contribution in [0.4, 0.5) is 0 Å². The number of rotatable bonds is 4. The zero-order valence-corrected chi connectivity index (χ0v) is 9.05. The molecule has 13 heavy (non-hydrogen) atoms. The molecule has 1 saturated heterocycles. The SMILES string of the molecule is CCCC1CC(CC(C)=O)N(C)C1. The van der Waals surface area contributed by atoms with Crippen LogP contribution in [0.25, 0.3) is 0 Å². The Balaban J connectivity index is 2.37. The molecular formula is C11H21NO. The van der Waals surface area contributed by atoms with Gasteiger partial charge < -0.3 is 4.90 Å². The maximum Gasteiger partial charge on any atom is 0.131 e. The first-order valence-corrected chi connectivity index (χ1v) is 5.33. The second-order valence-corrected chi connectivity index (χ2v) is 4.39. The Hall–Kier alpha value is -0.370. The summed E-state index contributed by atoms with van der Waals surface area (Å²) in [6, 6.07) is 0.522. The molecule has 0 saturated carbocycles. The third-order valence-corrected chi connectivity index (χ3v) is 2.99. The van der Waals surface area contributed by atoms with E-state index >= 15 is 0 Å². The lowest BCUT2D eigenvalue weighted by Gasteiger charge is -2.17. The maximum absolute atomic E-state index is 11.0.